The smallest absolute Gasteiger partial charge is 0.255 e. The lowest BCUT2D eigenvalue weighted by atomic mass is 10.0. The summed E-state index contributed by atoms with van der Waals surface area (Å²) in [5, 5.41) is 3.31. The summed E-state index contributed by atoms with van der Waals surface area (Å²) in [5.41, 5.74) is 7.70. The lowest BCUT2D eigenvalue weighted by Crippen LogP contribution is -2.16. The maximum atomic E-state index is 12.3. The molecule has 0 aliphatic heterocycles. The quantitative estimate of drug-likeness (QED) is 0.877. The molecule has 5 heteroatoms. The average Bonchev–Trinajstić information content (AvgIpc) is 2.43. The molecule has 0 bridgehead atoms. The summed E-state index contributed by atoms with van der Waals surface area (Å²) in [4.78, 5) is 12.3. The number of hydrogen-bond donors (Lipinski definition) is 2. The van der Waals surface area contributed by atoms with Crippen molar-refractivity contribution in [3.63, 3.8) is 0 Å². The van der Waals surface area contributed by atoms with E-state index in [0.29, 0.717) is 29.2 Å². The summed E-state index contributed by atoms with van der Waals surface area (Å²) in [6.07, 6.45) is 0.664. The highest BCUT2D eigenvalue weighted by Gasteiger charge is 2.12. The van der Waals surface area contributed by atoms with Crippen LogP contribution in [0.4, 0.5) is 5.69 Å². The summed E-state index contributed by atoms with van der Waals surface area (Å²) >= 11 is 9.43. The van der Waals surface area contributed by atoms with Gasteiger partial charge in [0.1, 0.15) is 0 Å². The van der Waals surface area contributed by atoms with Gasteiger partial charge in [0.05, 0.1) is 10.7 Å². The fourth-order valence-corrected chi connectivity index (χ4v) is 2.62. The van der Waals surface area contributed by atoms with Gasteiger partial charge in [0.2, 0.25) is 0 Å². The zero-order chi connectivity index (χ0) is 14.5. The predicted octanol–water partition coefficient (Wildman–Crippen LogP) is 3.86. The molecule has 0 unspecified atom stereocenters. The van der Waals surface area contributed by atoms with Crippen LogP contribution in [0.15, 0.2) is 46.9 Å². The molecule has 2 aromatic rings. The van der Waals surface area contributed by atoms with E-state index in [-0.39, 0.29) is 5.91 Å². The average molecular weight is 354 g/mol. The van der Waals surface area contributed by atoms with E-state index in [2.05, 4.69) is 21.2 Å². The van der Waals surface area contributed by atoms with Crippen LogP contribution in [0.25, 0.3) is 0 Å². The molecule has 3 N–H and O–H groups in total. The van der Waals surface area contributed by atoms with Crippen molar-refractivity contribution in [3.05, 3.63) is 63.1 Å². The number of nitrogens with one attached hydrogen (secondary N) is 1. The van der Waals surface area contributed by atoms with Crippen molar-refractivity contribution < 1.29 is 4.79 Å². The van der Waals surface area contributed by atoms with Crippen molar-refractivity contribution in [2.75, 3.05) is 11.9 Å². The molecule has 1 amide bonds. The first-order valence-corrected chi connectivity index (χ1v) is 7.33. The first kappa shape index (κ1) is 15.0. The number of carbonyl (C=O) groups is 1. The van der Waals surface area contributed by atoms with Crippen LogP contribution in [0.3, 0.4) is 0 Å². The molecule has 0 atom stereocenters. The van der Waals surface area contributed by atoms with E-state index in [1.807, 2.05) is 24.3 Å². The van der Waals surface area contributed by atoms with Crippen LogP contribution >= 0.6 is 27.5 Å². The highest BCUT2D eigenvalue weighted by molar-refractivity contribution is 9.10. The number of hydrogen-bond acceptors (Lipinski definition) is 2. The maximum Gasteiger partial charge on any atom is 0.255 e. The second kappa shape index (κ2) is 6.88. The molecule has 0 saturated carbocycles. The number of rotatable bonds is 4. The molecular weight excluding hydrogens is 340 g/mol. The van der Waals surface area contributed by atoms with Crippen molar-refractivity contribution >= 4 is 39.1 Å². The Kier molecular flexibility index (Phi) is 5.17. The monoisotopic (exact) mass is 352 g/mol. The molecule has 2 aromatic carbocycles. The molecule has 0 aliphatic carbocycles. The summed E-state index contributed by atoms with van der Waals surface area (Å²) in [5.74, 6) is -0.182. The van der Waals surface area contributed by atoms with Crippen LogP contribution in [-0.4, -0.2) is 12.5 Å². The van der Waals surface area contributed by atoms with Crippen molar-refractivity contribution in [2.24, 2.45) is 5.73 Å². The Balaban J connectivity index is 2.24. The van der Waals surface area contributed by atoms with Crippen molar-refractivity contribution in [2.45, 2.75) is 6.42 Å². The minimum Gasteiger partial charge on any atom is -0.330 e. The van der Waals surface area contributed by atoms with Gasteiger partial charge in [0, 0.05) is 10.0 Å². The molecule has 0 saturated heterocycles. The van der Waals surface area contributed by atoms with E-state index in [4.69, 9.17) is 17.3 Å². The van der Waals surface area contributed by atoms with Crippen LogP contribution in [0, 0.1) is 0 Å². The van der Waals surface area contributed by atoms with Gasteiger partial charge in [-0.1, -0.05) is 45.7 Å². The number of benzene rings is 2. The second-order valence-corrected chi connectivity index (χ2v) is 5.60. The highest BCUT2D eigenvalue weighted by Crippen LogP contribution is 2.26. The van der Waals surface area contributed by atoms with E-state index in [9.17, 15) is 4.79 Å². The third-order valence-corrected chi connectivity index (χ3v) is 3.66. The second-order valence-electron chi connectivity index (χ2n) is 4.27. The Bertz CT molecular complexity index is 631. The molecule has 2 rings (SSSR count). The minimum atomic E-state index is -0.182. The van der Waals surface area contributed by atoms with E-state index >= 15 is 0 Å². The fraction of sp³-hybridized carbons (Fsp3) is 0.133. The Labute approximate surface area is 131 Å². The van der Waals surface area contributed by atoms with Crippen LogP contribution in [-0.2, 0) is 6.42 Å². The number of carbonyl (C=O) groups excluding carboxylic acids is 1. The number of nitrogens with two attached hydrogens (primary N) is 1. The van der Waals surface area contributed by atoms with Gasteiger partial charge in [0.25, 0.3) is 5.91 Å². The molecule has 0 fully saturated rings. The molecule has 0 aromatic heterocycles. The SMILES string of the molecule is NCCc1ccccc1C(=O)Nc1ccc(Br)cc1Cl. The molecule has 0 spiro atoms. The van der Waals surface area contributed by atoms with E-state index < -0.39 is 0 Å². The van der Waals surface area contributed by atoms with E-state index in [1.54, 1.807) is 18.2 Å². The highest BCUT2D eigenvalue weighted by atomic mass is 79.9. The van der Waals surface area contributed by atoms with E-state index in [0.717, 1.165) is 10.0 Å². The Morgan fingerprint density at radius 3 is 2.70 bits per heavy atom. The van der Waals surface area contributed by atoms with Gasteiger partial charge in [-0.2, -0.15) is 0 Å². The van der Waals surface area contributed by atoms with Crippen molar-refractivity contribution in [1.82, 2.24) is 0 Å². The summed E-state index contributed by atoms with van der Waals surface area (Å²) < 4.78 is 0.865. The van der Waals surface area contributed by atoms with E-state index in [1.165, 1.54) is 0 Å². The van der Waals surface area contributed by atoms with Gasteiger partial charge in [-0.15, -0.1) is 0 Å². The van der Waals surface area contributed by atoms with Crippen molar-refractivity contribution in [3.8, 4) is 0 Å². The fourth-order valence-electron chi connectivity index (χ4n) is 1.90. The summed E-state index contributed by atoms with van der Waals surface area (Å²) in [7, 11) is 0. The normalized spacial score (nSPS) is 10.3. The lowest BCUT2D eigenvalue weighted by Gasteiger charge is -2.10. The third kappa shape index (κ3) is 3.60. The molecule has 0 radical (unpaired) electrons. The van der Waals surface area contributed by atoms with Crippen LogP contribution < -0.4 is 11.1 Å². The Morgan fingerprint density at radius 2 is 2.00 bits per heavy atom. The van der Waals surface area contributed by atoms with Gasteiger partial charge in [-0.25, -0.2) is 0 Å². The topological polar surface area (TPSA) is 55.1 Å². The molecule has 3 nitrogen and oxygen atoms in total. The third-order valence-electron chi connectivity index (χ3n) is 2.85. The van der Waals surface area contributed by atoms with Gasteiger partial charge in [0.15, 0.2) is 0 Å². The van der Waals surface area contributed by atoms with Crippen LogP contribution in [0.5, 0.6) is 0 Å². The largest absolute Gasteiger partial charge is 0.330 e. The van der Waals surface area contributed by atoms with Gasteiger partial charge < -0.3 is 11.1 Å². The molecular formula is C15H14BrClN2O. The summed E-state index contributed by atoms with van der Waals surface area (Å²) in [6, 6.07) is 12.7. The van der Waals surface area contributed by atoms with Crippen LogP contribution in [0.1, 0.15) is 15.9 Å². The number of halogens is 2. The Morgan fingerprint density at radius 1 is 1.25 bits per heavy atom. The predicted molar refractivity (Wildman–Crippen MR) is 86.3 cm³/mol. The number of anilines is 1. The zero-order valence-electron chi connectivity index (χ0n) is 10.7. The van der Waals surface area contributed by atoms with Crippen molar-refractivity contribution in [1.29, 1.82) is 0 Å². The zero-order valence-corrected chi connectivity index (χ0v) is 13.0. The van der Waals surface area contributed by atoms with Gasteiger partial charge in [-0.3, -0.25) is 4.79 Å². The van der Waals surface area contributed by atoms with Gasteiger partial charge >= 0.3 is 0 Å². The maximum absolute atomic E-state index is 12.3. The van der Waals surface area contributed by atoms with Crippen LogP contribution in [0.2, 0.25) is 5.02 Å². The molecule has 0 heterocycles. The number of amides is 1. The first-order valence-electron chi connectivity index (χ1n) is 6.16. The van der Waals surface area contributed by atoms with Gasteiger partial charge in [-0.05, 0) is 42.8 Å². The summed E-state index contributed by atoms with van der Waals surface area (Å²) in [6.45, 7) is 0.503. The standard InChI is InChI=1S/C15H14BrClN2O/c16-11-5-6-14(13(17)9-11)19-15(20)12-4-2-1-3-10(12)7-8-18/h1-6,9H,7-8,18H2,(H,19,20). The Hall–Kier alpha value is -1.36. The molecule has 104 valence electrons. The minimum absolute atomic E-state index is 0.182. The lowest BCUT2D eigenvalue weighted by molar-refractivity contribution is 0.102. The molecule has 0 aliphatic rings. The first-order chi connectivity index (χ1) is 9.61. The molecule has 20 heavy (non-hydrogen) atoms.